The SMILES string of the molecule is CCOCCN(P(=O)(OCc1ccccc1)OCc1ccccc1)P(=O)(OCc1ccccc1)OCc1ccccc1. The van der Waals surface area contributed by atoms with Gasteiger partial charge < -0.3 is 4.74 Å². The first-order valence-electron chi connectivity index (χ1n) is 13.8. The van der Waals surface area contributed by atoms with Crippen LogP contribution < -0.4 is 0 Å². The molecule has 4 aromatic rings. The van der Waals surface area contributed by atoms with Crippen molar-refractivity contribution in [3.63, 3.8) is 0 Å². The van der Waals surface area contributed by atoms with Crippen LogP contribution in [0, 0.1) is 0 Å². The van der Waals surface area contributed by atoms with Crippen LogP contribution in [0.3, 0.4) is 0 Å². The van der Waals surface area contributed by atoms with Gasteiger partial charge in [-0.1, -0.05) is 121 Å². The summed E-state index contributed by atoms with van der Waals surface area (Å²) in [4.78, 5) is 0. The van der Waals surface area contributed by atoms with E-state index >= 15 is 0 Å². The maximum absolute atomic E-state index is 14.8. The Kier molecular flexibility index (Phi) is 12.7. The minimum Gasteiger partial charge on any atom is -0.380 e. The molecule has 4 aromatic carbocycles. The van der Waals surface area contributed by atoms with E-state index in [9.17, 15) is 9.13 Å². The third-order valence-corrected chi connectivity index (χ3v) is 10.8. The van der Waals surface area contributed by atoms with Crippen LogP contribution >= 0.6 is 15.5 Å². The van der Waals surface area contributed by atoms with Crippen molar-refractivity contribution in [2.45, 2.75) is 33.4 Å². The number of hydrogen-bond donors (Lipinski definition) is 0. The highest BCUT2D eigenvalue weighted by molar-refractivity contribution is 7.66. The van der Waals surface area contributed by atoms with Gasteiger partial charge in [-0.25, -0.2) is 9.13 Å². The highest BCUT2D eigenvalue weighted by atomic mass is 31.3. The van der Waals surface area contributed by atoms with E-state index in [0.717, 1.165) is 26.7 Å². The van der Waals surface area contributed by atoms with E-state index in [2.05, 4.69) is 0 Å². The molecule has 0 aliphatic heterocycles. The van der Waals surface area contributed by atoms with Crippen LogP contribution in [-0.2, 0) is 58.4 Å². The molecule has 0 fully saturated rings. The molecule has 8 nitrogen and oxygen atoms in total. The molecule has 0 saturated carbocycles. The summed E-state index contributed by atoms with van der Waals surface area (Å²) in [6.45, 7) is 2.08. The topological polar surface area (TPSA) is 83.5 Å². The fraction of sp³-hybridized carbons (Fsp3) is 0.250. The smallest absolute Gasteiger partial charge is 0.380 e. The standard InChI is InChI=1S/C32H37NO7P2/c1-2-36-24-23-33(41(34,37-25-29-15-7-3-8-16-29)38-26-30-17-9-4-10-18-30)42(35,39-27-31-19-11-5-12-20-31)40-28-32-21-13-6-14-22-32/h3-22H,2,23-28H2,1H3. The number of ether oxygens (including phenoxy) is 1. The predicted octanol–water partition coefficient (Wildman–Crippen LogP) is 8.41. The van der Waals surface area contributed by atoms with Gasteiger partial charge in [-0.05, 0) is 29.2 Å². The Balaban J connectivity index is 1.69. The van der Waals surface area contributed by atoms with Gasteiger partial charge in [0.05, 0.1) is 33.0 Å². The van der Waals surface area contributed by atoms with Gasteiger partial charge in [-0.3, -0.25) is 18.1 Å². The summed E-state index contributed by atoms with van der Waals surface area (Å²) in [5.41, 5.74) is 3.10. The Morgan fingerprint density at radius 1 is 0.500 bits per heavy atom. The second-order valence-electron chi connectivity index (χ2n) is 9.27. The quantitative estimate of drug-likeness (QED) is 0.0822. The van der Waals surface area contributed by atoms with Crippen molar-refractivity contribution in [2.24, 2.45) is 0 Å². The van der Waals surface area contributed by atoms with Crippen LogP contribution in [0.1, 0.15) is 29.2 Å². The Hall–Kier alpha value is -2.90. The lowest BCUT2D eigenvalue weighted by atomic mass is 10.2. The van der Waals surface area contributed by atoms with Gasteiger partial charge in [0.2, 0.25) is 0 Å². The van der Waals surface area contributed by atoms with Crippen LogP contribution in [0.2, 0.25) is 0 Å². The number of rotatable bonds is 18. The van der Waals surface area contributed by atoms with E-state index in [1.165, 1.54) is 0 Å². The molecule has 0 spiro atoms. The summed E-state index contributed by atoms with van der Waals surface area (Å²) in [6, 6.07) is 37.2. The maximum atomic E-state index is 14.8. The van der Waals surface area contributed by atoms with Crippen molar-refractivity contribution in [3.05, 3.63) is 144 Å². The van der Waals surface area contributed by atoms with Crippen LogP contribution in [0.4, 0.5) is 0 Å². The van der Waals surface area contributed by atoms with Crippen molar-refractivity contribution >= 4 is 15.5 Å². The minimum absolute atomic E-state index is 0.0462. The molecule has 4 rings (SSSR count). The van der Waals surface area contributed by atoms with Crippen LogP contribution in [0.25, 0.3) is 0 Å². The van der Waals surface area contributed by atoms with Gasteiger partial charge in [-0.2, -0.15) is 0 Å². The molecule has 0 heterocycles. The average molecular weight is 610 g/mol. The van der Waals surface area contributed by atoms with Crippen molar-refractivity contribution < 1.29 is 32.0 Å². The predicted molar refractivity (Wildman–Crippen MR) is 163 cm³/mol. The second-order valence-corrected chi connectivity index (χ2v) is 13.5. The lowest BCUT2D eigenvalue weighted by Gasteiger charge is -2.34. The van der Waals surface area contributed by atoms with Crippen molar-refractivity contribution in [1.82, 2.24) is 4.44 Å². The largest absolute Gasteiger partial charge is 0.418 e. The maximum Gasteiger partial charge on any atom is 0.418 e. The summed E-state index contributed by atoms with van der Waals surface area (Å²) in [5, 5.41) is 0. The van der Waals surface area contributed by atoms with Crippen LogP contribution in [-0.4, -0.2) is 24.2 Å². The van der Waals surface area contributed by atoms with Gasteiger partial charge >= 0.3 is 15.5 Å². The monoisotopic (exact) mass is 609 g/mol. The molecule has 0 aromatic heterocycles. The molecule has 0 aliphatic rings. The minimum atomic E-state index is -4.32. The Morgan fingerprint density at radius 2 is 0.786 bits per heavy atom. The van der Waals surface area contributed by atoms with Crippen molar-refractivity contribution in [1.29, 1.82) is 0 Å². The molecule has 10 heteroatoms. The van der Waals surface area contributed by atoms with E-state index in [1.54, 1.807) is 0 Å². The number of nitrogens with zero attached hydrogens (tertiary/aromatic N) is 1. The van der Waals surface area contributed by atoms with Gasteiger partial charge in [0.15, 0.2) is 0 Å². The molecule has 222 valence electrons. The summed E-state index contributed by atoms with van der Waals surface area (Å²) < 4.78 is 60.5. The molecule has 0 radical (unpaired) electrons. The fourth-order valence-corrected chi connectivity index (χ4v) is 8.21. The highest BCUT2D eigenvalue weighted by Gasteiger charge is 2.48. The van der Waals surface area contributed by atoms with Crippen molar-refractivity contribution in [2.75, 3.05) is 19.8 Å². The first-order chi connectivity index (χ1) is 20.5. The summed E-state index contributed by atoms with van der Waals surface area (Å²) in [7, 11) is -8.65. The Bertz CT molecular complexity index is 1210. The number of hydrogen-bond acceptors (Lipinski definition) is 7. The van der Waals surface area contributed by atoms with E-state index in [1.807, 2.05) is 128 Å². The molecule has 0 N–H and O–H groups in total. The lowest BCUT2D eigenvalue weighted by Crippen LogP contribution is -2.27. The molecule has 0 unspecified atom stereocenters. The van der Waals surface area contributed by atoms with Crippen LogP contribution in [0.15, 0.2) is 121 Å². The zero-order valence-electron chi connectivity index (χ0n) is 23.7. The molecular weight excluding hydrogens is 572 g/mol. The van der Waals surface area contributed by atoms with Gasteiger partial charge in [0, 0.05) is 13.2 Å². The second kappa shape index (κ2) is 16.7. The summed E-state index contributed by atoms with van der Waals surface area (Å²) in [6.07, 6.45) is 0. The van der Waals surface area contributed by atoms with Gasteiger partial charge in [0.25, 0.3) is 0 Å². The first kappa shape index (κ1) is 32.0. The van der Waals surface area contributed by atoms with E-state index in [-0.39, 0.29) is 39.6 Å². The summed E-state index contributed by atoms with van der Waals surface area (Å²) in [5.74, 6) is 0. The summed E-state index contributed by atoms with van der Waals surface area (Å²) >= 11 is 0. The normalized spacial score (nSPS) is 12.0. The molecule has 0 saturated heterocycles. The zero-order chi connectivity index (χ0) is 29.5. The molecule has 0 amide bonds. The fourth-order valence-electron chi connectivity index (χ4n) is 3.93. The van der Waals surface area contributed by atoms with Crippen molar-refractivity contribution in [3.8, 4) is 0 Å². The molecule has 0 atom stereocenters. The van der Waals surface area contributed by atoms with Gasteiger partial charge in [0.1, 0.15) is 0 Å². The van der Waals surface area contributed by atoms with E-state index in [4.69, 9.17) is 22.8 Å². The molecule has 0 bridgehead atoms. The van der Waals surface area contributed by atoms with Crippen LogP contribution in [0.5, 0.6) is 0 Å². The molecule has 42 heavy (non-hydrogen) atoms. The number of benzene rings is 4. The van der Waals surface area contributed by atoms with E-state index < -0.39 is 15.5 Å². The third kappa shape index (κ3) is 9.84. The Morgan fingerprint density at radius 3 is 1.05 bits per heavy atom. The Labute approximate surface area is 248 Å². The van der Waals surface area contributed by atoms with E-state index in [0.29, 0.717) is 6.61 Å². The highest BCUT2D eigenvalue weighted by Crippen LogP contribution is 2.69. The molecule has 0 aliphatic carbocycles. The zero-order valence-corrected chi connectivity index (χ0v) is 25.5. The first-order valence-corrected chi connectivity index (χ1v) is 16.8. The third-order valence-electron chi connectivity index (χ3n) is 6.15. The van der Waals surface area contributed by atoms with Gasteiger partial charge in [-0.15, -0.1) is 4.44 Å². The lowest BCUT2D eigenvalue weighted by molar-refractivity contribution is 0.101. The molecular formula is C32H37NO7P2. The average Bonchev–Trinajstić information content (AvgIpc) is 3.05.